The Labute approximate surface area is 142 Å². The van der Waals surface area contributed by atoms with Crippen LogP contribution < -0.4 is 0 Å². The molecule has 0 bridgehead atoms. The van der Waals surface area contributed by atoms with Crippen molar-refractivity contribution in [3.05, 3.63) is 53.3 Å². The number of sulfone groups is 1. The Balaban J connectivity index is 2.10. The zero-order valence-electron chi connectivity index (χ0n) is 11.8. The quantitative estimate of drug-likeness (QED) is 0.663. The molecule has 3 rings (SSSR count). The first-order chi connectivity index (χ1) is 10.9. The maximum Gasteiger partial charge on any atom is 0.192 e. The molecule has 0 aliphatic heterocycles. The summed E-state index contributed by atoms with van der Waals surface area (Å²) < 4.78 is 24.7. The smallest absolute Gasteiger partial charge is 0.192 e. The van der Waals surface area contributed by atoms with Gasteiger partial charge in [-0.15, -0.1) is 0 Å². The number of nitrogens with zero attached hydrogens (tertiary/aromatic N) is 4. The molecule has 0 spiro atoms. The van der Waals surface area contributed by atoms with Gasteiger partial charge in [0.2, 0.25) is 0 Å². The molecule has 9 heteroatoms. The van der Waals surface area contributed by atoms with Crippen LogP contribution in [0.2, 0.25) is 10.3 Å². The van der Waals surface area contributed by atoms with Gasteiger partial charge >= 0.3 is 0 Å². The van der Waals surface area contributed by atoms with Gasteiger partial charge in [0.05, 0.1) is 17.6 Å². The number of hydrogen-bond donors (Lipinski definition) is 0. The molecule has 0 atom stereocenters. The molecule has 0 saturated carbocycles. The van der Waals surface area contributed by atoms with E-state index in [9.17, 15) is 8.42 Å². The van der Waals surface area contributed by atoms with E-state index in [1.165, 1.54) is 18.6 Å². The molecule has 0 aromatic carbocycles. The molecule has 0 fully saturated rings. The van der Waals surface area contributed by atoms with E-state index >= 15 is 0 Å². The van der Waals surface area contributed by atoms with Crippen LogP contribution in [0.5, 0.6) is 0 Å². The Morgan fingerprint density at radius 2 is 1.78 bits per heavy atom. The van der Waals surface area contributed by atoms with Crippen LogP contribution >= 0.6 is 23.2 Å². The molecular formula is C14H10Cl2N4O2S. The average Bonchev–Trinajstić information content (AvgIpc) is 2.89. The molecule has 0 aliphatic rings. The van der Waals surface area contributed by atoms with Crippen LogP contribution in [0.15, 0.2) is 48.0 Å². The van der Waals surface area contributed by atoms with Crippen LogP contribution in [0.25, 0.3) is 16.9 Å². The summed E-state index contributed by atoms with van der Waals surface area (Å²) in [5.41, 5.74) is 1.97. The lowest BCUT2D eigenvalue weighted by Gasteiger charge is -2.09. The third-order valence-electron chi connectivity index (χ3n) is 3.10. The fourth-order valence-corrected chi connectivity index (χ4v) is 2.95. The van der Waals surface area contributed by atoms with Gasteiger partial charge in [-0.05, 0) is 24.3 Å². The second-order valence-electron chi connectivity index (χ2n) is 4.75. The van der Waals surface area contributed by atoms with Crippen LogP contribution in [0.1, 0.15) is 0 Å². The molecule has 23 heavy (non-hydrogen) atoms. The van der Waals surface area contributed by atoms with Crippen molar-refractivity contribution in [2.45, 2.75) is 5.03 Å². The summed E-state index contributed by atoms with van der Waals surface area (Å²) in [6.07, 6.45) is 5.67. The zero-order chi connectivity index (χ0) is 16.6. The lowest BCUT2D eigenvalue weighted by molar-refractivity contribution is 0.598. The van der Waals surface area contributed by atoms with Crippen molar-refractivity contribution < 1.29 is 8.42 Å². The van der Waals surface area contributed by atoms with Crippen molar-refractivity contribution in [1.29, 1.82) is 0 Å². The predicted octanol–water partition coefficient (Wildman–Crippen LogP) is 3.04. The van der Waals surface area contributed by atoms with E-state index in [-0.39, 0.29) is 5.03 Å². The van der Waals surface area contributed by atoms with E-state index < -0.39 is 9.84 Å². The highest BCUT2D eigenvalue weighted by atomic mass is 35.5. The van der Waals surface area contributed by atoms with Crippen molar-refractivity contribution in [1.82, 2.24) is 19.5 Å². The largest absolute Gasteiger partial charge is 0.296 e. The molecule has 0 saturated heterocycles. The maximum atomic E-state index is 11.5. The molecular weight excluding hydrogens is 359 g/mol. The molecule has 0 aliphatic carbocycles. The number of halogens is 2. The van der Waals surface area contributed by atoms with Crippen LogP contribution in [-0.4, -0.2) is 34.2 Å². The molecule has 3 aromatic heterocycles. The highest BCUT2D eigenvalue weighted by Crippen LogP contribution is 2.29. The molecule has 118 valence electrons. The number of aromatic nitrogens is 4. The third-order valence-corrected chi connectivity index (χ3v) is 4.60. The molecule has 0 unspecified atom stereocenters. The number of hydrogen-bond acceptors (Lipinski definition) is 5. The SMILES string of the molecule is CS(=O)(=O)c1ccc(-n2cnc(Cl)c2-c2ccc(Cl)nc2)cn1. The van der Waals surface area contributed by atoms with E-state index in [2.05, 4.69) is 15.0 Å². The highest BCUT2D eigenvalue weighted by molar-refractivity contribution is 7.90. The maximum absolute atomic E-state index is 11.5. The fraction of sp³-hybridized carbons (Fsp3) is 0.0714. The lowest BCUT2D eigenvalue weighted by Crippen LogP contribution is -2.02. The summed E-state index contributed by atoms with van der Waals surface area (Å²) in [6.45, 7) is 0. The molecule has 6 nitrogen and oxygen atoms in total. The summed E-state index contributed by atoms with van der Waals surface area (Å²) in [5, 5.41) is 0.665. The molecule has 0 N–H and O–H groups in total. The van der Waals surface area contributed by atoms with E-state index in [0.29, 0.717) is 21.7 Å². The van der Waals surface area contributed by atoms with Gasteiger partial charge in [-0.1, -0.05) is 23.2 Å². The normalized spacial score (nSPS) is 11.6. The van der Waals surface area contributed by atoms with Gasteiger partial charge in [0.1, 0.15) is 11.5 Å². The van der Waals surface area contributed by atoms with Crippen LogP contribution in [-0.2, 0) is 9.84 Å². The van der Waals surface area contributed by atoms with Crippen molar-refractivity contribution in [3.63, 3.8) is 0 Å². The minimum absolute atomic E-state index is 0.00201. The average molecular weight is 369 g/mol. The first kappa shape index (κ1) is 15.9. The van der Waals surface area contributed by atoms with Gasteiger partial charge < -0.3 is 0 Å². The van der Waals surface area contributed by atoms with E-state index in [1.807, 2.05) is 0 Å². The summed E-state index contributed by atoms with van der Waals surface area (Å²) in [7, 11) is -3.35. The fourth-order valence-electron chi connectivity index (χ4n) is 2.03. The van der Waals surface area contributed by atoms with Gasteiger partial charge in [0.25, 0.3) is 0 Å². The van der Waals surface area contributed by atoms with Gasteiger partial charge in [-0.2, -0.15) is 0 Å². The summed E-state index contributed by atoms with van der Waals surface area (Å²) in [4.78, 5) is 12.1. The highest BCUT2D eigenvalue weighted by Gasteiger charge is 2.15. The second kappa shape index (κ2) is 5.92. The molecule has 0 amide bonds. The Kier molecular flexibility index (Phi) is 4.09. The number of imidazole rings is 1. The van der Waals surface area contributed by atoms with Crippen molar-refractivity contribution in [3.8, 4) is 16.9 Å². The third kappa shape index (κ3) is 3.21. The lowest BCUT2D eigenvalue weighted by atomic mass is 10.2. The Hall–Kier alpha value is -1.96. The Morgan fingerprint density at radius 3 is 2.35 bits per heavy atom. The first-order valence-corrected chi connectivity index (χ1v) is 9.02. The summed E-state index contributed by atoms with van der Waals surface area (Å²) >= 11 is 12.0. The van der Waals surface area contributed by atoms with E-state index in [1.54, 1.807) is 29.0 Å². The predicted molar refractivity (Wildman–Crippen MR) is 87.7 cm³/mol. The van der Waals surface area contributed by atoms with E-state index in [0.717, 1.165) is 11.8 Å². The van der Waals surface area contributed by atoms with Crippen LogP contribution in [0.4, 0.5) is 0 Å². The standard InChI is InChI=1S/C14H10Cl2N4O2S/c1-23(21,22)12-5-3-10(7-18-12)20-8-19-14(16)13(20)9-2-4-11(15)17-6-9/h2-8H,1H3. The summed E-state index contributed by atoms with van der Waals surface area (Å²) in [6, 6.07) is 6.49. The minimum atomic E-state index is -3.35. The van der Waals surface area contributed by atoms with Gasteiger partial charge in [-0.25, -0.2) is 23.4 Å². The minimum Gasteiger partial charge on any atom is -0.296 e. The van der Waals surface area contributed by atoms with Gasteiger partial charge in [-0.3, -0.25) is 4.57 Å². The molecule has 3 aromatic rings. The van der Waals surface area contributed by atoms with Crippen molar-refractivity contribution in [2.75, 3.05) is 6.26 Å². The topological polar surface area (TPSA) is 77.7 Å². The number of rotatable bonds is 3. The Morgan fingerprint density at radius 1 is 1.00 bits per heavy atom. The second-order valence-corrected chi connectivity index (χ2v) is 7.46. The summed E-state index contributed by atoms with van der Waals surface area (Å²) in [5.74, 6) is 0. The molecule has 3 heterocycles. The zero-order valence-corrected chi connectivity index (χ0v) is 14.1. The molecule has 0 radical (unpaired) electrons. The van der Waals surface area contributed by atoms with Gasteiger partial charge in [0, 0.05) is 18.0 Å². The number of pyridine rings is 2. The van der Waals surface area contributed by atoms with Crippen molar-refractivity contribution in [2.24, 2.45) is 0 Å². The first-order valence-electron chi connectivity index (χ1n) is 6.37. The van der Waals surface area contributed by atoms with Crippen LogP contribution in [0, 0.1) is 0 Å². The van der Waals surface area contributed by atoms with E-state index in [4.69, 9.17) is 23.2 Å². The van der Waals surface area contributed by atoms with Crippen molar-refractivity contribution >= 4 is 33.0 Å². The van der Waals surface area contributed by atoms with Crippen LogP contribution in [0.3, 0.4) is 0 Å². The van der Waals surface area contributed by atoms with Gasteiger partial charge in [0.15, 0.2) is 20.0 Å². The Bertz CT molecular complexity index is 951. The monoisotopic (exact) mass is 368 g/mol.